The monoisotopic (exact) mass is 247 g/mol. The van der Waals surface area contributed by atoms with E-state index in [1.807, 2.05) is 13.1 Å². The largest absolute Gasteiger partial charge is 0.357 e. The number of anilines is 1. The molecule has 1 aromatic heterocycles. The molecule has 1 aliphatic heterocycles. The molecule has 0 unspecified atom stereocenters. The number of pyridine rings is 1. The van der Waals surface area contributed by atoms with Gasteiger partial charge in [-0.15, -0.1) is 0 Å². The summed E-state index contributed by atoms with van der Waals surface area (Å²) in [6.45, 7) is 8.93. The number of nitrogens with zero attached hydrogens (tertiary/aromatic N) is 2. The van der Waals surface area contributed by atoms with E-state index in [-0.39, 0.29) is 6.04 Å². The minimum atomic E-state index is 0.0660. The van der Waals surface area contributed by atoms with Gasteiger partial charge in [0.05, 0.1) is 0 Å². The molecule has 0 aliphatic carbocycles. The van der Waals surface area contributed by atoms with Crippen molar-refractivity contribution in [1.29, 1.82) is 0 Å². The minimum absolute atomic E-state index is 0.0660. The van der Waals surface area contributed by atoms with Gasteiger partial charge in [0.2, 0.25) is 0 Å². The molecule has 0 saturated carbocycles. The Morgan fingerprint density at radius 2 is 2.06 bits per heavy atom. The van der Waals surface area contributed by atoms with Gasteiger partial charge in [0, 0.05) is 25.3 Å². The highest BCUT2D eigenvalue weighted by atomic mass is 15.2. The van der Waals surface area contributed by atoms with Crippen molar-refractivity contribution in [2.24, 2.45) is 11.1 Å². The Morgan fingerprint density at radius 3 is 2.50 bits per heavy atom. The summed E-state index contributed by atoms with van der Waals surface area (Å²) in [5, 5.41) is 0. The summed E-state index contributed by atoms with van der Waals surface area (Å²) < 4.78 is 0. The van der Waals surface area contributed by atoms with Crippen LogP contribution in [0.2, 0.25) is 0 Å². The number of aromatic nitrogens is 1. The Balaban J connectivity index is 2.01. The van der Waals surface area contributed by atoms with Crippen molar-refractivity contribution >= 4 is 5.82 Å². The van der Waals surface area contributed by atoms with Crippen LogP contribution < -0.4 is 10.6 Å². The van der Waals surface area contributed by atoms with Crippen LogP contribution in [0, 0.1) is 5.41 Å². The zero-order valence-corrected chi connectivity index (χ0v) is 11.8. The molecular weight excluding hydrogens is 222 g/mol. The highest BCUT2D eigenvalue weighted by Gasteiger charge is 2.28. The molecule has 1 fully saturated rings. The van der Waals surface area contributed by atoms with Crippen LogP contribution in [-0.4, -0.2) is 18.1 Å². The predicted octanol–water partition coefficient (Wildman–Crippen LogP) is 3.12. The first-order valence-corrected chi connectivity index (χ1v) is 7.00. The lowest BCUT2D eigenvalue weighted by Crippen LogP contribution is -2.38. The minimum Gasteiger partial charge on any atom is -0.357 e. The molecule has 3 heteroatoms. The lowest BCUT2D eigenvalue weighted by atomic mass is 9.78. The van der Waals surface area contributed by atoms with Gasteiger partial charge >= 0.3 is 0 Å². The van der Waals surface area contributed by atoms with Crippen molar-refractivity contribution in [2.45, 2.75) is 46.1 Å². The maximum atomic E-state index is 5.84. The molecule has 0 bridgehead atoms. The highest BCUT2D eigenvalue weighted by Crippen LogP contribution is 2.35. The molecule has 1 aliphatic rings. The number of piperidine rings is 1. The van der Waals surface area contributed by atoms with Crippen molar-refractivity contribution in [3.63, 3.8) is 0 Å². The maximum Gasteiger partial charge on any atom is 0.128 e. The zero-order valence-electron chi connectivity index (χ0n) is 11.8. The van der Waals surface area contributed by atoms with Crippen LogP contribution >= 0.6 is 0 Å². The molecule has 1 saturated heterocycles. The van der Waals surface area contributed by atoms with Crippen LogP contribution in [0.15, 0.2) is 18.3 Å². The summed E-state index contributed by atoms with van der Waals surface area (Å²) in [5.74, 6) is 1.09. The van der Waals surface area contributed by atoms with Crippen LogP contribution in [-0.2, 0) is 0 Å². The predicted molar refractivity (Wildman–Crippen MR) is 76.7 cm³/mol. The van der Waals surface area contributed by atoms with E-state index >= 15 is 0 Å². The molecule has 100 valence electrons. The van der Waals surface area contributed by atoms with Crippen LogP contribution in [0.3, 0.4) is 0 Å². The van der Waals surface area contributed by atoms with Gasteiger partial charge in [-0.25, -0.2) is 4.98 Å². The van der Waals surface area contributed by atoms with Crippen molar-refractivity contribution in [1.82, 2.24) is 4.98 Å². The van der Waals surface area contributed by atoms with Crippen LogP contribution in [0.5, 0.6) is 0 Å². The molecule has 0 amide bonds. The molecule has 2 rings (SSSR count). The first-order valence-electron chi connectivity index (χ1n) is 7.00. The lowest BCUT2D eigenvalue weighted by molar-refractivity contribution is 0.238. The standard InChI is InChI=1S/C15H25N3/c1-4-15(3)7-9-18(10-8-15)14-6-5-13(11-17-14)12(2)16/h5-6,11-12H,4,7-10,16H2,1-3H3/t12-/m1/s1. The van der Waals surface area contributed by atoms with Gasteiger partial charge in [-0.05, 0) is 36.8 Å². The molecular formula is C15H25N3. The Labute approximate surface area is 110 Å². The van der Waals surface area contributed by atoms with Crippen molar-refractivity contribution in [2.75, 3.05) is 18.0 Å². The van der Waals surface area contributed by atoms with Crippen molar-refractivity contribution in [3.8, 4) is 0 Å². The maximum absolute atomic E-state index is 5.84. The summed E-state index contributed by atoms with van der Waals surface area (Å²) in [5.41, 5.74) is 7.48. The molecule has 18 heavy (non-hydrogen) atoms. The molecule has 0 spiro atoms. The Kier molecular flexibility index (Phi) is 3.91. The Bertz CT molecular complexity index is 375. The van der Waals surface area contributed by atoms with Crippen LogP contribution in [0.25, 0.3) is 0 Å². The van der Waals surface area contributed by atoms with E-state index in [4.69, 9.17) is 5.73 Å². The van der Waals surface area contributed by atoms with Crippen LogP contribution in [0.4, 0.5) is 5.82 Å². The van der Waals surface area contributed by atoms with E-state index in [2.05, 4.69) is 35.9 Å². The summed E-state index contributed by atoms with van der Waals surface area (Å²) >= 11 is 0. The first-order chi connectivity index (χ1) is 8.54. The summed E-state index contributed by atoms with van der Waals surface area (Å²) in [7, 11) is 0. The topological polar surface area (TPSA) is 42.1 Å². The molecule has 3 nitrogen and oxygen atoms in total. The second-order valence-electron chi connectivity index (χ2n) is 5.89. The number of rotatable bonds is 3. The van der Waals surface area contributed by atoms with E-state index < -0.39 is 0 Å². The Morgan fingerprint density at radius 1 is 1.39 bits per heavy atom. The molecule has 1 atom stereocenters. The molecule has 2 heterocycles. The van der Waals surface area contributed by atoms with Gasteiger partial charge in [-0.2, -0.15) is 0 Å². The third-order valence-electron chi connectivity index (χ3n) is 4.44. The number of hydrogen-bond acceptors (Lipinski definition) is 3. The lowest BCUT2D eigenvalue weighted by Gasteiger charge is -2.39. The summed E-state index contributed by atoms with van der Waals surface area (Å²) in [4.78, 5) is 6.93. The normalized spacial score (nSPS) is 20.8. The highest BCUT2D eigenvalue weighted by molar-refractivity contribution is 5.40. The van der Waals surface area contributed by atoms with Gasteiger partial charge in [0.25, 0.3) is 0 Å². The third kappa shape index (κ3) is 2.83. The first kappa shape index (κ1) is 13.3. The van der Waals surface area contributed by atoms with Crippen molar-refractivity contribution in [3.05, 3.63) is 23.9 Å². The molecule has 1 aromatic rings. The Hall–Kier alpha value is -1.09. The number of hydrogen-bond donors (Lipinski definition) is 1. The fourth-order valence-corrected chi connectivity index (χ4v) is 2.48. The SMILES string of the molecule is CCC1(C)CCN(c2ccc([C@@H](C)N)cn2)CC1. The molecule has 0 radical (unpaired) electrons. The van der Waals surface area contributed by atoms with Gasteiger partial charge in [0.1, 0.15) is 5.82 Å². The fourth-order valence-electron chi connectivity index (χ4n) is 2.48. The van der Waals surface area contributed by atoms with Crippen LogP contribution in [0.1, 0.15) is 51.6 Å². The summed E-state index contributed by atoms with van der Waals surface area (Å²) in [6.07, 6.45) is 5.71. The third-order valence-corrected chi connectivity index (χ3v) is 4.44. The van der Waals surface area contributed by atoms with E-state index in [1.54, 1.807) is 0 Å². The van der Waals surface area contributed by atoms with E-state index in [0.717, 1.165) is 24.5 Å². The van der Waals surface area contributed by atoms with Crippen molar-refractivity contribution < 1.29 is 0 Å². The zero-order chi connectivity index (χ0) is 13.2. The van der Waals surface area contributed by atoms with E-state index in [0.29, 0.717) is 5.41 Å². The fraction of sp³-hybridized carbons (Fsp3) is 0.667. The van der Waals surface area contributed by atoms with Gasteiger partial charge in [-0.3, -0.25) is 0 Å². The molecule has 0 aromatic carbocycles. The van der Waals surface area contributed by atoms with Gasteiger partial charge < -0.3 is 10.6 Å². The quantitative estimate of drug-likeness (QED) is 0.892. The van der Waals surface area contributed by atoms with E-state index in [1.165, 1.54) is 19.3 Å². The number of nitrogens with two attached hydrogens (primary N) is 1. The van der Waals surface area contributed by atoms with Gasteiger partial charge in [0.15, 0.2) is 0 Å². The second kappa shape index (κ2) is 5.27. The molecule has 2 N–H and O–H groups in total. The second-order valence-corrected chi connectivity index (χ2v) is 5.89. The van der Waals surface area contributed by atoms with E-state index in [9.17, 15) is 0 Å². The summed E-state index contributed by atoms with van der Waals surface area (Å²) in [6, 6.07) is 4.27. The van der Waals surface area contributed by atoms with Gasteiger partial charge in [-0.1, -0.05) is 26.3 Å². The smallest absolute Gasteiger partial charge is 0.128 e. The average Bonchev–Trinajstić information content (AvgIpc) is 2.40. The average molecular weight is 247 g/mol.